The zero-order chi connectivity index (χ0) is 24.7. The molecule has 2 aromatic carbocycles. The summed E-state index contributed by atoms with van der Waals surface area (Å²) < 4.78 is 45.9. The minimum Gasteiger partial charge on any atom is -0.380 e. The van der Waals surface area contributed by atoms with E-state index < -0.39 is 11.9 Å². The van der Waals surface area contributed by atoms with Gasteiger partial charge in [0.2, 0.25) is 5.95 Å². The van der Waals surface area contributed by atoms with Gasteiger partial charge in [0.15, 0.2) is 11.4 Å². The zero-order valence-corrected chi connectivity index (χ0v) is 19.2. The van der Waals surface area contributed by atoms with Gasteiger partial charge in [-0.15, -0.1) is 5.10 Å². The molecule has 0 bridgehead atoms. The molecule has 0 atom stereocenters. The molecule has 6 rings (SSSR count). The number of benzene rings is 2. The van der Waals surface area contributed by atoms with Gasteiger partial charge in [0.05, 0.1) is 17.1 Å². The maximum atomic E-state index is 13.5. The first-order valence-electron chi connectivity index (χ1n) is 10.8. The van der Waals surface area contributed by atoms with Gasteiger partial charge in [0.25, 0.3) is 5.78 Å². The van der Waals surface area contributed by atoms with E-state index >= 15 is 0 Å². The molecule has 12 heteroatoms. The third-order valence-corrected chi connectivity index (χ3v) is 6.21. The van der Waals surface area contributed by atoms with E-state index in [0.717, 1.165) is 16.5 Å². The number of hydrogen-bond donors (Lipinski definition) is 1. The minimum atomic E-state index is -4.62. The van der Waals surface area contributed by atoms with Crippen LogP contribution < -0.4 is 10.2 Å². The van der Waals surface area contributed by atoms with Crippen LogP contribution in [0.15, 0.2) is 73.1 Å². The number of nitrogens with zero attached hydrogens (tertiary/aromatic N) is 6. The van der Waals surface area contributed by atoms with Crippen LogP contribution in [0.3, 0.4) is 0 Å². The summed E-state index contributed by atoms with van der Waals surface area (Å²) in [7, 11) is 0. The predicted octanol–water partition coefficient (Wildman–Crippen LogP) is 5.79. The van der Waals surface area contributed by atoms with Crippen LogP contribution in [0.25, 0.3) is 23.1 Å². The van der Waals surface area contributed by atoms with E-state index in [9.17, 15) is 13.2 Å². The Bertz CT molecular complexity index is 1560. The molecule has 3 aromatic heterocycles. The summed E-state index contributed by atoms with van der Waals surface area (Å²) >= 11 is 1.44. The highest BCUT2D eigenvalue weighted by Gasteiger charge is 2.34. The fourth-order valence-corrected chi connectivity index (χ4v) is 4.35. The van der Waals surface area contributed by atoms with E-state index in [-0.39, 0.29) is 17.4 Å². The summed E-state index contributed by atoms with van der Waals surface area (Å²) in [5.41, 5.74) is 1.48. The number of hydroxylamine groups is 2. The van der Waals surface area contributed by atoms with E-state index in [2.05, 4.69) is 24.8 Å². The van der Waals surface area contributed by atoms with Gasteiger partial charge in [0.1, 0.15) is 0 Å². The molecule has 0 aliphatic carbocycles. The van der Waals surface area contributed by atoms with Gasteiger partial charge in [0, 0.05) is 29.2 Å². The predicted molar refractivity (Wildman–Crippen MR) is 128 cm³/mol. The molecule has 36 heavy (non-hydrogen) atoms. The lowest BCUT2D eigenvalue weighted by Crippen LogP contribution is -2.22. The Morgan fingerprint density at radius 3 is 2.58 bits per heavy atom. The first-order valence-corrected chi connectivity index (χ1v) is 11.5. The molecular formula is C24H16F3N7OS. The third kappa shape index (κ3) is 4.33. The zero-order valence-electron chi connectivity index (χ0n) is 18.3. The van der Waals surface area contributed by atoms with Gasteiger partial charge in [-0.05, 0) is 47.9 Å². The van der Waals surface area contributed by atoms with E-state index in [0.29, 0.717) is 23.5 Å². The van der Waals surface area contributed by atoms with Crippen LogP contribution in [0.5, 0.6) is 5.75 Å². The van der Waals surface area contributed by atoms with E-state index in [4.69, 9.17) is 4.84 Å². The van der Waals surface area contributed by atoms with Crippen molar-refractivity contribution >= 4 is 35.0 Å². The summed E-state index contributed by atoms with van der Waals surface area (Å²) in [4.78, 5) is 14.9. The molecule has 0 spiro atoms. The summed E-state index contributed by atoms with van der Waals surface area (Å²) in [5.74, 6) is 0.567. The normalized spacial score (nSPS) is 13.1. The largest absolute Gasteiger partial charge is 0.433 e. The molecule has 1 aliphatic heterocycles. The van der Waals surface area contributed by atoms with Crippen molar-refractivity contribution in [2.75, 3.05) is 5.32 Å². The van der Waals surface area contributed by atoms with Crippen LogP contribution in [-0.2, 0) is 12.7 Å². The van der Waals surface area contributed by atoms with Gasteiger partial charge in [-0.1, -0.05) is 30.3 Å². The molecule has 1 aliphatic rings. The van der Waals surface area contributed by atoms with Gasteiger partial charge < -0.3 is 10.2 Å². The summed E-state index contributed by atoms with van der Waals surface area (Å²) in [6, 6.07) is 16.7. The Hall–Kier alpha value is -4.45. The molecule has 0 fully saturated rings. The average molecular weight is 508 g/mol. The van der Waals surface area contributed by atoms with Crippen molar-refractivity contribution in [2.24, 2.45) is 0 Å². The van der Waals surface area contributed by atoms with Crippen molar-refractivity contribution in [3.05, 3.63) is 89.2 Å². The highest BCUT2D eigenvalue weighted by Crippen LogP contribution is 2.32. The van der Waals surface area contributed by atoms with Crippen molar-refractivity contribution in [1.29, 1.82) is 0 Å². The lowest BCUT2D eigenvalue weighted by molar-refractivity contribution is -0.141. The molecule has 180 valence electrons. The lowest BCUT2D eigenvalue weighted by atomic mass is 10.1. The second kappa shape index (κ2) is 8.64. The highest BCUT2D eigenvalue weighted by molar-refractivity contribution is 7.06. The average Bonchev–Trinajstić information content (AvgIpc) is 3.50. The lowest BCUT2D eigenvalue weighted by Gasteiger charge is -2.23. The molecule has 0 saturated heterocycles. The summed E-state index contributed by atoms with van der Waals surface area (Å²) in [6.45, 7) is 0.587. The molecule has 0 saturated carbocycles. The third-order valence-electron chi connectivity index (χ3n) is 5.40. The van der Waals surface area contributed by atoms with Gasteiger partial charge in [-0.25, -0.2) is 14.4 Å². The Morgan fingerprint density at radius 1 is 1.00 bits per heavy atom. The van der Waals surface area contributed by atoms with Crippen molar-refractivity contribution in [3.63, 3.8) is 0 Å². The Labute approximate surface area is 206 Å². The van der Waals surface area contributed by atoms with E-state index in [1.807, 2.05) is 18.5 Å². The number of anilines is 2. The molecule has 1 N–H and O–H groups in total. The van der Waals surface area contributed by atoms with Crippen molar-refractivity contribution in [1.82, 2.24) is 29.0 Å². The second-order valence-electron chi connectivity index (χ2n) is 7.88. The molecule has 8 nitrogen and oxygen atoms in total. The standard InChI is InChI=1S/C24H16F3N7OS/c25-24(26,27)21-12-19(15-4-2-1-3-5-15)34-23(30-21)31-22(32-34)29-17-6-8-18(9-7-17)35-33-11-10-20-16(14-33)13-28-36-20/h1-13H,14H2,(H,29,32). The minimum absolute atomic E-state index is 0.115. The van der Waals surface area contributed by atoms with Crippen LogP contribution in [0, 0.1) is 0 Å². The number of nitrogens with one attached hydrogen (secondary N) is 1. The molecule has 0 unspecified atom stereocenters. The summed E-state index contributed by atoms with van der Waals surface area (Å²) in [6.07, 6.45) is 0.999. The van der Waals surface area contributed by atoms with Crippen LogP contribution in [-0.4, -0.2) is 29.0 Å². The number of hydrogen-bond acceptors (Lipinski definition) is 8. The first kappa shape index (κ1) is 22.0. The van der Waals surface area contributed by atoms with Crippen LogP contribution in [0.4, 0.5) is 24.8 Å². The molecule has 4 heterocycles. The maximum Gasteiger partial charge on any atom is 0.433 e. The Balaban J connectivity index is 1.24. The number of alkyl halides is 3. The van der Waals surface area contributed by atoms with Gasteiger partial charge >= 0.3 is 6.18 Å². The fourth-order valence-electron chi connectivity index (χ4n) is 3.70. The number of aromatic nitrogens is 5. The topological polar surface area (TPSA) is 80.5 Å². The van der Waals surface area contributed by atoms with E-state index in [1.165, 1.54) is 16.0 Å². The van der Waals surface area contributed by atoms with Crippen LogP contribution in [0.1, 0.15) is 16.1 Å². The van der Waals surface area contributed by atoms with Gasteiger partial charge in [-0.2, -0.15) is 22.7 Å². The van der Waals surface area contributed by atoms with Crippen molar-refractivity contribution in [3.8, 4) is 17.0 Å². The smallest absolute Gasteiger partial charge is 0.380 e. The van der Waals surface area contributed by atoms with Crippen molar-refractivity contribution in [2.45, 2.75) is 12.7 Å². The monoisotopic (exact) mass is 507 g/mol. The van der Waals surface area contributed by atoms with Crippen LogP contribution in [0.2, 0.25) is 0 Å². The summed E-state index contributed by atoms with van der Waals surface area (Å²) in [5, 5.41) is 9.07. The number of fused-ring (bicyclic) bond motifs is 2. The molecular weight excluding hydrogens is 491 g/mol. The van der Waals surface area contributed by atoms with Gasteiger partial charge in [-0.3, -0.25) is 0 Å². The molecule has 5 aromatic rings. The van der Waals surface area contributed by atoms with E-state index in [1.54, 1.807) is 59.7 Å². The molecule has 0 radical (unpaired) electrons. The SMILES string of the molecule is FC(F)(F)c1cc(-c2ccccc2)n2nc(Nc3ccc(ON4C=Cc5sncc5C4)cc3)nc2n1. The number of halogens is 3. The Morgan fingerprint density at radius 2 is 1.81 bits per heavy atom. The highest BCUT2D eigenvalue weighted by atomic mass is 32.1. The quantitative estimate of drug-likeness (QED) is 0.323. The second-order valence-corrected chi connectivity index (χ2v) is 8.72. The fraction of sp³-hybridized carbons (Fsp3) is 0.0833. The first-order chi connectivity index (χ1) is 17.4. The Kier molecular flexibility index (Phi) is 5.29. The van der Waals surface area contributed by atoms with Crippen LogP contribution >= 0.6 is 11.5 Å². The van der Waals surface area contributed by atoms with Crippen molar-refractivity contribution < 1.29 is 18.0 Å². The maximum absolute atomic E-state index is 13.5. The molecule has 0 amide bonds. The number of rotatable bonds is 5.